The van der Waals surface area contributed by atoms with E-state index < -0.39 is 0 Å². The predicted octanol–water partition coefficient (Wildman–Crippen LogP) is 16.9. The molecule has 16 nitrogen and oxygen atoms in total. The molecule has 0 amide bonds. The molecule has 0 N–H and O–H groups in total. The van der Waals surface area contributed by atoms with Crippen LogP contribution in [0.2, 0.25) is 0 Å². The Morgan fingerprint density at radius 1 is 0.242 bits per heavy atom. The first-order chi connectivity index (χ1) is 47.0. The Morgan fingerprint density at radius 3 is 0.838 bits per heavy atom. The summed E-state index contributed by atoms with van der Waals surface area (Å²) >= 11 is 0. The van der Waals surface area contributed by atoms with Crippen LogP contribution < -0.4 is 39.2 Å². The molecule has 8 aliphatic heterocycles. The van der Waals surface area contributed by atoms with Gasteiger partial charge in [-0.1, -0.05) is 48.5 Å². The van der Waals surface area contributed by atoms with Crippen molar-refractivity contribution in [3.05, 3.63) is 228 Å². The third-order valence-electron chi connectivity index (χ3n) is 22.6. The second-order valence-corrected chi connectivity index (χ2v) is 28.8. The van der Waals surface area contributed by atoms with Crippen LogP contribution in [0.25, 0.3) is 21.9 Å². The number of nitrogens with zero attached hydrogens (tertiary/aromatic N) is 16. The van der Waals surface area contributed by atoms with Crippen LogP contribution in [0.5, 0.6) is 0 Å². The molecule has 0 bridgehead atoms. The van der Waals surface area contributed by atoms with Crippen LogP contribution in [-0.2, 0) is 0 Å². The number of hydrogen-bond donors (Lipinski definition) is 0. The van der Waals surface area contributed by atoms with E-state index in [1.807, 2.05) is 0 Å². The normalized spacial score (nSPS) is 22.8. The molecule has 0 fully saturated rings. The molecule has 524 valence electrons. The zero-order valence-electron chi connectivity index (χ0n) is 64.0. The highest BCUT2D eigenvalue weighted by molar-refractivity contribution is 6.00. The first kappa shape index (κ1) is 70.6. The molecule has 0 aliphatic carbocycles. The van der Waals surface area contributed by atoms with Gasteiger partial charge in [0.05, 0.1) is 17.1 Å². The topological polar surface area (TPSA) is 51.8 Å². The van der Waals surface area contributed by atoms with E-state index in [2.05, 4.69) is 431 Å². The summed E-state index contributed by atoms with van der Waals surface area (Å²) in [5.74, 6) is 0. The van der Waals surface area contributed by atoms with Gasteiger partial charge in [0.25, 0.3) is 0 Å². The van der Waals surface area contributed by atoms with Crippen molar-refractivity contribution in [1.82, 2.24) is 39.2 Å². The Kier molecular flexibility index (Phi) is 20.2. The predicted molar refractivity (Wildman–Crippen MR) is 422 cm³/mol. The lowest BCUT2D eigenvalue weighted by molar-refractivity contribution is 0.381. The zero-order chi connectivity index (χ0) is 71.5. The van der Waals surface area contributed by atoms with E-state index in [9.17, 15) is 0 Å². The molecular weight excluding hydrogens is 1220 g/mol. The van der Waals surface area contributed by atoms with Gasteiger partial charge < -0.3 is 78.4 Å². The summed E-state index contributed by atoms with van der Waals surface area (Å²) in [6.07, 6.45) is 37.3. The van der Waals surface area contributed by atoms with Crippen molar-refractivity contribution in [2.75, 3.05) is 95.6 Å². The average molecular weight is 1330 g/mol. The molecule has 99 heavy (non-hydrogen) atoms. The highest BCUT2D eigenvalue weighted by Gasteiger charge is 2.34. The number of aryl methyl sites for hydroxylation is 5. The number of hydrogen-bond acceptors (Lipinski definition) is 16. The molecule has 0 spiro atoms. The summed E-state index contributed by atoms with van der Waals surface area (Å²) in [4.78, 5) is 36.9. The second-order valence-electron chi connectivity index (χ2n) is 28.8. The van der Waals surface area contributed by atoms with Gasteiger partial charge in [-0.15, -0.1) is 0 Å². The Hall–Kier alpha value is -9.70. The fraction of sp³-hybridized carbons (Fsp3) is 0.398. The standard InChI is InChI=1S/C25H32N4.C21H26N4.C19H28N4.C18H26N4/c1-17-9-8-10-18(2)25(17)22-15-23(28-13-11-26(6)20(28)4)19(3)24(16-22)29-14-12-27(7)21(29)5;1-15-20(24-12-10-22(4)16(24)2)14-18-8-6-7-9-19(18)21(15)25-13-11-23(5)17(25)3;1-13-12-14(2)19(23-11-9-21(7)17(23)5)15(3)18(13)22-10-8-20(6)16(22)4;1-13-11-17(21-9-7-19(5)15(21)3)14(2)18(12-13)22-10-8-20(6)16(22)4/h8-16,20-21H,1-7H3;6-14,16-17H,1-5H3;8-12,16-17H,1-7H3;7-12,15-16H,1-6H3/t20-,21+;2*16-,17+;15-,16+/m.1../s1. The molecular formula is C83H112N16. The third kappa shape index (κ3) is 13.2. The quantitative estimate of drug-likeness (QED) is 0.138. The Bertz CT molecular complexity index is 4060. The van der Waals surface area contributed by atoms with E-state index >= 15 is 0 Å². The Morgan fingerprint density at radius 2 is 0.525 bits per heavy atom. The van der Waals surface area contributed by atoms with Gasteiger partial charge in [0, 0.05) is 189 Å². The molecule has 0 unspecified atom stereocenters. The van der Waals surface area contributed by atoms with Crippen molar-refractivity contribution in [3.8, 4) is 11.1 Å². The van der Waals surface area contributed by atoms with Gasteiger partial charge in [-0.3, -0.25) is 0 Å². The Balaban J connectivity index is 0.000000134. The van der Waals surface area contributed by atoms with E-state index in [0.29, 0.717) is 49.3 Å². The monoisotopic (exact) mass is 1330 g/mol. The van der Waals surface area contributed by atoms with Gasteiger partial charge in [-0.05, 0) is 215 Å². The number of anilines is 8. The van der Waals surface area contributed by atoms with E-state index in [0.717, 1.165) is 0 Å². The molecule has 8 aliphatic rings. The molecule has 0 aromatic heterocycles. The van der Waals surface area contributed by atoms with E-state index in [-0.39, 0.29) is 0 Å². The van der Waals surface area contributed by atoms with Gasteiger partial charge in [0.15, 0.2) is 0 Å². The van der Waals surface area contributed by atoms with Crippen LogP contribution >= 0.6 is 0 Å². The van der Waals surface area contributed by atoms with Crippen LogP contribution in [0, 0.1) is 62.3 Å². The smallest absolute Gasteiger partial charge is 0.102 e. The highest BCUT2D eigenvalue weighted by atomic mass is 15.4. The van der Waals surface area contributed by atoms with Crippen molar-refractivity contribution < 1.29 is 0 Å². The fourth-order valence-electron chi connectivity index (χ4n) is 15.1. The molecule has 6 aromatic carbocycles. The number of benzene rings is 6. The second kappa shape index (κ2) is 28.3. The summed E-state index contributed by atoms with van der Waals surface area (Å²) in [5, 5.41) is 2.59. The van der Waals surface area contributed by atoms with Gasteiger partial charge in [-0.25, -0.2) is 0 Å². The minimum atomic E-state index is 0.295. The molecule has 14 rings (SSSR count). The largest absolute Gasteiger partial charge is 0.359 e. The highest BCUT2D eigenvalue weighted by Crippen LogP contribution is 2.45. The van der Waals surface area contributed by atoms with Gasteiger partial charge in [0.1, 0.15) is 49.3 Å². The molecule has 16 heteroatoms. The van der Waals surface area contributed by atoms with Crippen LogP contribution in [0.4, 0.5) is 45.5 Å². The third-order valence-corrected chi connectivity index (χ3v) is 22.6. The maximum Gasteiger partial charge on any atom is 0.102 e. The maximum absolute atomic E-state index is 2.38. The lowest BCUT2D eigenvalue weighted by Crippen LogP contribution is -2.36. The first-order valence-corrected chi connectivity index (χ1v) is 35.4. The van der Waals surface area contributed by atoms with E-state index in [4.69, 9.17) is 0 Å². The van der Waals surface area contributed by atoms with Crippen LogP contribution in [0.3, 0.4) is 0 Å². The van der Waals surface area contributed by atoms with Crippen molar-refractivity contribution in [2.24, 2.45) is 0 Å². The number of rotatable bonds is 9. The molecule has 0 saturated heterocycles. The van der Waals surface area contributed by atoms with E-state index in [1.165, 1.54) is 117 Å². The van der Waals surface area contributed by atoms with Gasteiger partial charge in [0.2, 0.25) is 0 Å². The van der Waals surface area contributed by atoms with Crippen molar-refractivity contribution in [2.45, 2.75) is 167 Å². The van der Waals surface area contributed by atoms with Crippen molar-refractivity contribution in [1.29, 1.82) is 0 Å². The number of fused-ring (bicyclic) bond motifs is 1. The van der Waals surface area contributed by atoms with E-state index in [1.54, 1.807) is 0 Å². The summed E-state index contributed by atoms with van der Waals surface area (Å²) in [7, 11) is 17.0. The summed E-state index contributed by atoms with van der Waals surface area (Å²) in [6, 6.07) is 29.2. The minimum Gasteiger partial charge on any atom is -0.359 e. The minimum absolute atomic E-state index is 0.295. The van der Waals surface area contributed by atoms with Gasteiger partial charge in [-0.2, -0.15) is 0 Å². The van der Waals surface area contributed by atoms with Crippen LogP contribution in [-0.4, -0.2) is 145 Å². The molecule has 8 heterocycles. The molecule has 6 aromatic rings. The first-order valence-electron chi connectivity index (χ1n) is 35.4. The lowest BCUT2D eigenvalue weighted by atomic mass is 9.93. The molecule has 0 saturated carbocycles. The lowest BCUT2D eigenvalue weighted by Gasteiger charge is -2.34. The van der Waals surface area contributed by atoms with Crippen LogP contribution in [0.15, 0.2) is 178 Å². The Labute approximate surface area is 594 Å². The summed E-state index contributed by atoms with van der Waals surface area (Å²) < 4.78 is 0. The molecule has 0 radical (unpaired) electrons. The summed E-state index contributed by atoms with van der Waals surface area (Å²) in [5.41, 5.74) is 24.8. The van der Waals surface area contributed by atoms with Gasteiger partial charge >= 0.3 is 0 Å². The van der Waals surface area contributed by atoms with Crippen molar-refractivity contribution >= 4 is 56.3 Å². The summed E-state index contributed by atoms with van der Waals surface area (Å²) in [6.45, 7) is 37.9. The van der Waals surface area contributed by atoms with Crippen LogP contribution in [0.1, 0.15) is 105 Å². The molecule has 8 atom stereocenters. The van der Waals surface area contributed by atoms with Crippen molar-refractivity contribution in [3.63, 3.8) is 0 Å². The average Bonchev–Trinajstić information content (AvgIpc) is 1.77. The SMILES string of the molecule is Cc1c(N2C=CN(C)[C@H]2C)cc2ccccc2c1N1C=CN(C)[C@@H]1C.Cc1cc(C)c(N2C=CN(C)[C@@H]2C)c(C)c1N1C=CN(C)[C@H]1C.Cc1cc(N2C=CN(C)[C@H]2C)c(C)c(N2C=CN(C)[C@@H]2C)c1.Cc1cccc(C)c1-c1cc(N2C=CN(C)[C@H]2C)c(C)c(N2C=CN(C)[C@@H]2C)c1. The maximum atomic E-state index is 2.38. The fourth-order valence-corrected chi connectivity index (χ4v) is 15.1. The zero-order valence-corrected chi connectivity index (χ0v) is 64.0.